The summed E-state index contributed by atoms with van der Waals surface area (Å²) in [6.45, 7) is 5.49. The molecular formula is C19H26N2O6. The zero-order valence-corrected chi connectivity index (χ0v) is 16.1. The van der Waals surface area contributed by atoms with Crippen LogP contribution >= 0.6 is 0 Å². The number of esters is 1. The van der Waals surface area contributed by atoms with E-state index in [1.807, 2.05) is 30.3 Å². The van der Waals surface area contributed by atoms with Crippen molar-refractivity contribution in [1.29, 1.82) is 0 Å². The monoisotopic (exact) mass is 378 g/mol. The molecule has 1 N–H and O–H groups in total. The molecule has 0 bridgehead atoms. The van der Waals surface area contributed by atoms with Gasteiger partial charge in [-0.25, -0.2) is 14.4 Å². The van der Waals surface area contributed by atoms with Crippen LogP contribution in [-0.2, 0) is 25.6 Å². The van der Waals surface area contributed by atoms with E-state index in [2.05, 4.69) is 5.32 Å². The summed E-state index contributed by atoms with van der Waals surface area (Å²) in [7, 11) is 1.25. The van der Waals surface area contributed by atoms with Crippen LogP contribution in [0.5, 0.6) is 0 Å². The number of carbonyl (C=O) groups is 3. The fourth-order valence-corrected chi connectivity index (χ4v) is 2.78. The Morgan fingerprint density at radius 1 is 1.19 bits per heavy atom. The highest BCUT2D eigenvalue weighted by atomic mass is 16.6. The molecule has 1 fully saturated rings. The lowest BCUT2D eigenvalue weighted by molar-refractivity contribution is -0.145. The minimum absolute atomic E-state index is 0.0915. The van der Waals surface area contributed by atoms with Crippen molar-refractivity contribution in [3.63, 3.8) is 0 Å². The third-order valence-corrected chi connectivity index (χ3v) is 3.93. The number of rotatable bonds is 4. The lowest BCUT2D eigenvalue weighted by Crippen LogP contribution is -2.42. The van der Waals surface area contributed by atoms with Crippen molar-refractivity contribution in [2.24, 2.45) is 0 Å². The van der Waals surface area contributed by atoms with E-state index in [1.165, 1.54) is 12.0 Å². The number of benzene rings is 1. The summed E-state index contributed by atoms with van der Waals surface area (Å²) in [5.41, 5.74) is 0.196. The van der Waals surface area contributed by atoms with Crippen molar-refractivity contribution in [3.8, 4) is 0 Å². The van der Waals surface area contributed by atoms with Crippen molar-refractivity contribution in [2.75, 3.05) is 13.7 Å². The fourth-order valence-electron chi connectivity index (χ4n) is 2.78. The Kier molecular flexibility index (Phi) is 6.65. The van der Waals surface area contributed by atoms with Crippen molar-refractivity contribution in [2.45, 2.75) is 51.5 Å². The van der Waals surface area contributed by atoms with Crippen LogP contribution in [0.3, 0.4) is 0 Å². The Morgan fingerprint density at radius 2 is 1.85 bits per heavy atom. The van der Waals surface area contributed by atoms with Crippen molar-refractivity contribution in [3.05, 3.63) is 35.9 Å². The number of nitrogens with zero attached hydrogens (tertiary/aromatic N) is 1. The molecule has 0 aliphatic carbocycles. The molecule has 2 amide bonds. The van der Waals surface area contributed by atoms with Crippen LogP contribution in [0.25, 0.3) is 0 Å². The van der Waals surface area contributed by atoms with Crippen molar-refractivity contribution >= 4 is 18.2 Å². The molecule has 0 aromatic heterocycles. The summed E-state index contributed by atoms with van der Waals surface area (Å²) < 4.78 is 15.3. The molecule has 8 nitrogen and oxygen atoms in total. The van der Waals surface area contributed by atoms with E-state index in [0.29, 0.717) is 0 Å². The van der Waals surface area contributed by atoms with Crippen LogP contribution in [0, 0.1) is 0 Å². The molecule has 1 aromatic carbocycles. The Bertz CT molecular complexity index is 671. The van der Waals surface area contributed by atoms with E-state index < -0.39 is 35.8 Å². The SMILES string of the molecule is COC(=O)[C@@H]1C[C@@H](NC(=O)OC(C)(C)C)CN1C(=O)OCc1ccccc1. The van der Waals surface area contributed by atoms with Gasteiger partial charge in [0.2, 0.25) is 0 Å². The molecular weight excluding hydrogens is 352 g/mol. The number of ether oxygens (including phenoxy) is 3. The van der Waals surface area contributed by atoms with Crippen LogP contribution < -0.4 is 5.32 Å². The van der Waals surface area contributed by atoms with Crippen LogP contribution in [0.4, 0.5) is 9.59 Å². The fraction of sp³-hybridized carbons (Fsp3) is 0.526. The maximum absolute atomic E-state index is 12.5. The number of methoxy groups -OCH3 is 1. The van der Waals surface area contributed by atoms with Crippen molar-refractivity contribution in [1.82, 2.24) is 10.2 Å². The lowest BCUT2D eigenvalue weighted by atomic mass is 10.2. The highest BCUT2D eigenvalue weighted by molar-refractivity contribution is 5.82. The number of amides is 2. The van der Waals surface area contributed by atoms with E-state index in [1.54, 1.807) is 20.8 Å². The minimum atomic E-state index is -0.821. The molecule has 27 heavy (non-hydrogen) atoms. The van der Waals surface area contributed by atoms with Gasteiger partial charge in [-0.15, -0.1) is 0 Å². The highest BCUT2D eigenvalue weighted by Gasteiger charge is 2.42. The normalized spacial score (nSPS) is 19.3. The first-order valence-corrected chi connectivity index (χ1v) is 8.74. The number of hydrogen-bond donors (Lipinski definition) is 1. The maximum atomic E-state index is 12.5. The zero-order valence-electron chi connectivity index (χ0n) is 16.1. The summed E-state index contributed by atoms with van der Waals surface area (Å²) in [5.74, 6) is -0.555. The summed E-state index contributed by atoms with van der Waals surface area (Å²) in [5, 5.41) is 2.68. The average molecular weight is 378 g/mol. The molecule has 0 spiro atoms. The van der Waals surface area contributed by atoms with Gasteiger partial charge in [-0.3, -0.25) is 4.90 Å². The van der Waals surface area contributed by atoms with Crippen LogP contribution in [0.1, 0.15) is 32.8 Å². The first kappa shape index (κ1) is 20.5. The van der Waals surface area contributed by atoms with Crippen LogP contribution in [0.2, 0.25) is 0 Å². The van der Waals surface area contributed by atoms with Gasteiger partial charge >= 0.3 is 18.2 Å². The Labute approximate surface area is 158 Å². The standard InChI is InChI=1S/C19H26N2O6/c1-19(2,3)27-17(23)20-14-10-15(16(22)25-4)21(11-14)18(24)26-12-13-8-6-5-7-9-13/h5-9,14-15H,10-12H2,1-4H3,(H,20,23)/t14-,15+/m1/s1. The second kappa shape index (κ2) is 8.75. The first-order chi connectivity index (χ1) is 12.7. The molecule has 2 rings (SSSR count). The molecule has 1 aliphatic rings. The van der Waals surface area contributed by atoms with Gasteiger partial charge in [-0.2, -0.15) is 0 Å². The quantitative estimate of drug-likeness (QED) is 0.639. The number of carbonyl (C=O) groups excluding carboxylic acids is 3. The zero-order chi connectivity index (χ0) is 20.0. The third kappa shape index (κ3) is 6.16. The largest absolute Gasteiger partial charge is 0.467 e. The molecule has 0 saturated carbocycles. The molecule has 0 radical (unpaired) electrons. The predicted molar refractivity (Wildman–Crippen MR) is 96.9 cm³/mol. The summed E-state index contributed by atoms with van der Waals surface area (Å²) in [4.78, 5) is 37.7. The van der Waals surface area contributed by atoms with Crippen LogP contribution in [0.15, 0.2) is 30.3 Å². The van der Waals surface area contributed by atoms with E-state index in [4.69, 9.17) is 14.2 Å². The van der Waals surface area contributed by atoms with Gasteiger partial charge in [-0.1, -0.05) is 30.3 Å². The lowest BCUT2D eigenvalue weighted by Gasteiger charge is -2.22. The van der Waals surface area contributed by atoms with Gasteiger partial charge < -0.3 is 19.5 Å². The second-order valence-electron chi connectivity index (χ2n) is 7.31. The van der Waals surface area contributed by atoms with Crippen LogP contribution in [-0.4, -0.2) is 54.4 Å². The third-order valence-electron chi connectivity index (χ3n) is 3.93. The number of alkyl carbamates (subject to hydrolysis) is 1. The smallest absolute Gasteiger partial charge is 0.410 e. The Balaban J connectivity index is 1.98. The van der Waals surface area contributed by atoms with Gasteiger partial charge in [-0.05, 0) is 26.3 Å². The number of likely N-dealkylation sites (tertiary alicyclic amines) is 1. The molecule has 1 aliphatic heterocycles. The number of hydrogen-bond acceptors (Lipinski definition) is 6. The summed E-state index contributed by atoms with van der Waals surface area (Å²) in [6, 6.07) is 7.97. The minimum Gasteiger partial charge on any atom is -0.467 e. The van der Waals surface area contributed by atoms with Gasteiger partial charge in [0.15, 0.2) is 0 Å². The molecule has 2 atom stereocenters. The Morgan fingerprint density at radius 3 is 2.44 bits per heavy atom. The average Bonchev–Trinajstić information content (AvgIpc) is 3.02. The first-order valence-electron chi connectivity index (χ1n) is 8.74. The molecule has 148 valence electrons. The van der Waals surface area contributed by atoms with Gasteiger partial charge in [0.1, 0.15) is 18.2 Å². The highest BCUT2D eigenvalue weighted by Crippen LogP contribution is 2.21. The van der Waals surface area contributed by atoms with Crippen molar-refractivity contribution < 1.29 is 28.6 Å². The number of nitrogens with one attached hydrogen (secondary N) is 1. The molecule has 1 heterocycles. The summed E-state index contributed by atoms with van der Waals surface area (Å²) in [6.07, 6.45) is -1.01. The van der Waals surface area contributed by atoms with E-state index >= 15 is 0 Å². The molecule has 1 saturated heterocycles. The van der Waals surface area contributed by atoms with Gasteiger partial charge in [0.05, 0.1) is 13.2 Å². The maximum Gasteiger partial charge on any atom is 0.410 e. The van der Waals surface area contributed by atoms with Gasteiger partial charge in [0, 0.05) is 13.0 Å². The second-order valence-corrected chi connectivity index (χ2v) is 7.31. The van der Waals surface area contributed by atoms with E-state index in [0.717, 1.165) is 5.56 Å². The van der Waals surface area contributed by atoms with E-state index in [-0.39, 0.29) is 19.6 Å². The van der Waals surface area contributed by atoms with Gasteiger partial charge in [0.25, 0.3) is 0 Å². The Hall–Kier alpha value is -2.77. The predicted octanol–water partition coefficient (Wildman–Crippen LogP) is 2.46. The molecule has 1 aromatic rings. The molecule has 8 heteroatoms. The molecule has 0 unspecified atom stereocenters. The summed E-state index contributed by atoms with van der Waals surface area (Å²) >= 11 is 0. The topological polar surface area (TPSA) is 94.2 Å². The van der Waals surface area contributed by atoms with E-state index in [9.17, 15) is 14.4 Å².